The number of anilines is 2. The van der Waals surface area contributed by atoms with E-state index in [9.17, 15) is 47.6 Å². The van der Waals surface area contributed by atoms with Gasteiger partial charge in [-0.25, -0.2) is 4.79 Å². The van der Waals surface area contributed by atoms with Crippen LogP contribution in [0.4, 0.5) is 11.4 Å². The van der Waals surface area contributed by atoms with Gasteiger partial charge in [-0.2, -0.15) is 0 Å². The highest BCUT2D eigenvalue weighted by molar-refractivity contribution is 9.09. The van der Waals surface area contributed by atoms with Crippen LogP contribution in [-0.2, 0) is 50.0 Å². The van der Waals surface area contributed by atoms with Gasteiger partial charge in [0.25, 0.3) is 23.6 Å². The molecule has 4 aliphatic carbocycles. The first kappa shape index (κ1) is 94.9. The van der Waals surface area contributed by atoms with Crippen LogP contribution in [0.3, 0.4) is 0 Å². The molecule has 2 aromatic heterocycles. The van der Waals surface area contributed by atoms with Gasteiger partial charge >= 0.3 is 22.2 Å². The Labute approximate surface area is 734 Å². The number of carbonyl (C=O) groups excluding carboxylic acids is 5. The molecule has 4 amide bonds. The molecule has 16 rings (SSSR count). The van der Waals surface area contributed by atoms with Gasteiger partial charge in [-0.05, 0) is 201 Å². The smallest absolute Gasteiger partial charge is 0.335 e. The normalized spacial score (nSPS) is 19.4. The fraction of sp³-hybridized carbons (Fsp3) is 0.442. The number of amides is 4. The third-order valence-corrected chi connectivity index (χ3v) is 28.3. The monoisotopic (exact) mass is 1880 g/mol. The number of fused-ring (bicyclic) bond motifs is 6. The van der Waals surface area contributed by atoms with Crippen molar-refractivity contribution in [2.45, 2.75) is 127 Å². The average Bonchev–Trinajstić information content (AvgIpc) is 1.58. The standard InChI is InChI=1S/C30H33Cl2N2O6P.C27H26Cl2N2O4.C12H14NO3P.C10H8BrNO2.C4H12NOP.C3H9O3P/c1-17-12-19(26(35)6-3-11-41(36,37)38)9-10-25(17)34-15-20-13-21(34)14-27(20)39-16-22-29(33-40-30(22)18-7-8-18)28-23(31)4-2-5-24(28)32;1-14-9-16(27(32)33)7-8-22(14)31-12-17-10-18(31)11-23(17)34-13-19-25(30-35-26(19)15-5-6-15)24-20(28)3-2-4-21(24)29;1-17(2,16)8-7-13-11(14)9-5-3-4-6-10(9)12(13)15;11-5-6-12-9(13)7-3-1-2-4-8(7)10(12)14;1-7(2,6)4-3-5;1-4-7(5-2)6-3/h2,4-5,9-10,12,18,20-21,27H,3,6-8,11,13-16H2,1H3,(H2,36,37,38);2-4,7-9,15,17-18,23H,5-6,10-13H2,1H3,(H,32,33);3-6H,7-8H2,1-2H3;1-4H,5-6H2;3-5H2,1-2H3;1-3H3/t20-,21-,27+;17-,18-,23+;;;;/m00..../s1. The number of piperidine rings is 2. The van der Waals surface area contributed by atoms with Gasteiger partial charge < -0.3 is 71.6 Å². The molecule has 6 atom stereocenters. The summed E-state index contributed by atoms with van der Waals surface area (Å²) in [6, 6.07) is 36.4. The fourth-order valence-electron chi connectivity index (χ4n) is 16.0. The molecule has 26 nitrogen and oxygen atoms in total. The van der Waals surface area contributed by atoms with Crippen LogP contribution in [0.2, 0.25) is 20.1 Å². The Bertz CT molecular complexity index is 5130. The molecule has 4 saturated carbocycles. The maximum Gasteiger partial charge on any atom is 0.335 e. The lowest BCUT2D eigenvalue weighted by Gasteiger charge is -2.34. The van der Waals surface area contributed by atoms with Gasteiger partial charge in [0.05, 0.1) is 93.8 Å². The topological polar surface area (TPSA) is 352 Å². The van der Waals surface area contributed by atoms with Crippen LogP contribution in [0.5, 0.6) is 0 Å². The molecule has 6 aromatic carbocycles. The molecular formula is C86H102BrCl4N7O19P4. The Balaban J connectivity index is 0.000000159. The molecule has 8 aliphatic rings. The minimum atomic E-state index is -4.09. The molecule has 35 heteroatoms. The predicted molar refractivity (Wildman–Crippen MR) is 476 cm³/mol. The summed E-state index contributed by atoms with van der Waals surface area (Å²) in [7, 11) is -4.53. The second-order valence-electron chi connectivity index (χ2n) is 31.9. The maximum absolute atomic E-state index is 12.6. The van der Waals surface area contributed by atoms with Gasteiger partial charge in [0.2, 0.25) is 0 Å². The Kier molecular flexibility index (Phi) is 32.9. The van der Waals surface area contributed by atoms with E-state index < -0.39 is 36.5 Å². The highest BCUT2D eigenvalue weighted by Crippen LogP contribution is 2.51. The van der Waals surface area contributed by atoms with E-state index in [1.807, 2.05) is 62.4 Å². The Morgan fingerprint density at radius 2 is 0.942 bits per heavy atom. The molecule has 4 aliphatic heterocycles. The van der Waals surface area contributed by atoms with Gasteiger partial charge in [0, 0.05) is 147 Å². The van der Waals surface area contributed by atoms with Crippen LogP contribution in [0, 0.1) is 25.7 Å². The third-order valence-electron chi connectivity index (χ3n) is 22.2. The Morgan fingerprint density at radius 1 is 0.554 bits per heavy atom. The van der Waals surface area contributed by atoms with Crippen molar-refractivity contribution in [3.63, 3.8) is 0 Å². The summed E-state index contributed by atoms with van der Waals surface area (Å²) in [5.41, 5.74) is 16.9. The summed E-state index contributed by atoms with van der Waals surface area (Å²) >= 11 is 29.2. The van der Waals surface area contributed by atoms with Crippen LogP contribution < -0.4 is 15.5 Å². The summed E-state index contributed by atoms with van der Waals surface area (Å²) < 4.78 is 72.1. The molecule has 5 N–H and O–H groups in total. The second kappa shape index (κ2) is 42.0. The first-order chi connectivity index (χ1) is 57.5. The van der Waals surface area contributed by atoms with Gasteiger partial charge in [0.15, 0.2) is 5.78 Å². The fourth-order valence-corrected chi connectivity index (χ4v) is 19.8. The number of Topliss-reactive ketones (excluding diaryl/α,β-unsaturated/α-hetero) is 1. The van der Waals surface area contributed by atoms with E-state index in [-0.39, 0.29) is 67.2 Å². The highest BCUT2D eigenvalue weighted by Gasteiger charge is 2.48. The van der Waals surface area contributed by atoms with Crippen molar-refractivity contribution in [1.29, 1.82) is 0 Å². The number of nitrogens with two attached hydrogens (primary N) is 1. The summed E-state index contributed by atoms with van der Waals surface area (Å²) in [6.45, 7) is 14.6. The highest BCUT2D eigenvalue weighted by atomic mass is 79.9. The lowest BCUT2D eigenvalue weighted by Crippen LogP contribution is -2.39. The van der Waals surface area contributed by atoms with Gasteiger partial charge in [-0.15, -0.1) is 0 Å². The number of rotatable bonds is 28. The predicted octanol–water partition coefficient (Wildman–Crippen LogP) is 19.2. The summed E-state index contributed by atoms with van der Waals surface area (Å²) in [6.07, 6.45) is 9.70. The second-order valence-corrected chi connectivity index (χ2v) is 44.9. The van der Waals surface area contributed by atoms with Gasteiger partial charge in [0.1, 0.15) is 22.9 Å². The van der Waals surface area contributed by atoms with E-state index in [1.54, 1.807) is 121 Å². The first-order valence-corrected chi connectivity index (χ1v) is 51.0. The number of ether oxygens (including phenoxy) is 2. The number of carbonyl (C=O) groups is 6. The number of alkyl halides is 1. The molecule has 0 radical (unpaired) electrons. The number of carboxylic acid groups (broad SMARTS) is 1. The van der Waals surface area contributed by atoms with E-state index in [0.717, 1.165) is 110 Å². The van der Waals surface area contributed by atoms with Crippen LogP contribution in [0.25, 0.3) is 22.5 Å². The largest absolute Gasteiger partial charge is 0.478 e. The number of carboxylic acids is 1. The molecule has 6 heterocycles. The number of aromatic carboxylic acids is 1. The number of ketones is 1. The Morgan fingerprint density at radius 3 is 1.26 bits per heavy atom. The lowest BCUT2D eigenvalue weighted by molar-refractivity contribution is 0.0122. The minimum absolute atomic E-state index is 0.0961. The van der Waals surface area contributed by atoms with Crippen molar-refractivity contribution < 1.29 is 89.4 Å². The van der Waals surface area contributed by atoms with Crippen molar-refractivity contribution >= 4 is 140 Å². The quantitative estimate of drug-likeness (QED) is 0.0153. The van der Waals surface area contributed by atoms with E-state index in [2.05, 4.69) is 49.6 Å². The average molecular weight is 1880 g/mol. The van der Waals surface area contributed by atoms with Crippen molar-refractivity contribution in [1.82, 2.24) is 20.1 Å². The number of imide groups is 2. The number of benzene rings is 6. The van der Waals surface area contributed by atoms with Crippen molar-refractivity contribution in [3.8, 4) is 22.5 Å². The molecule has 0 unspecified atom stereocenters. The summed E-state index contributed by atoms with van der Waals surface area (Å²) in [5.74, 6) is 1.43. The summed E-state index contributed by atoms with van der Waals surface area (Å²) in [5, 5.41) is 20.8. The Hall–Kier alpha value is -6.80. The zero-order valence-electron chi connectivity index (χ0n) is 68.8. The number of hydrogen-bond acceptors (Lipinski definition) is 21. The van der Waals surface area contributed by atoms with Crippen LogP contribution in [0.15, 0.2) is 130 Å². The van der Waals surface area contributed by atoms with E-state index in [0.29, 0.717) is 156 Å². The minimum Gasteiger partial charge on any atom is -0.478 e. The van der Waals surface area contributed by atoms with Crippen LogP contribution in [0.1, 0.15) is 172 Å². The van der Waals surface area contributed by atoms with Gasteiger partial charge in [-0.1, -0.05) is 109 Å². The number of halogens is 5. The molecule has 121 heavy (non-hydrogen) atoms. The SMILES string of the molecule is COP(OC)OC.CP(C)(=O)CCN.CP(C)(=O)CCN1C(=O)c2ccccc2C1=O.Cc1cc(C(=O)CCCP(=O)(O)O)ccc1N1C[C@@H]2C[C@H]1C[C@H]2OCc1c(-c2c(Cl)cccc2Cl)noc1C1CC1.Cc1cc(C(=O)O)ccc1N1C[C@@H]2C[C@H]1C[C@H]2OCc1c(-c2c(Cl)cccc2Cl)noc1C1CC1.O=C1c2ccccc2C(=O)N1CCBr. The van der Waals surface area contributed by atoms with Gasteiger partial charge in [-0.3, -0.25) is 38.3 Å². The first-order valence-electron chi connectivity index (χ1n) is 39.9. The maximum atomic E-state index is 12.6. The zero-order chi connectivity index (χ0) is 87.5. The zero-order valence-corrected chi connectivity index (χ0v) is 77.0. The van der Waals surface area contributed by atoms with Crippen LogP contribution in [-0.4, -0.2) is 199 Å². The lowest BCUT2D eigenvalue weighted by atomic mass is 10.0. The molecule has 2 saturated heterocycles. The molecule has 8 aromatic rings. The molecule has 650 valence electrons. The number of aromatic nitrogens is 2. The number of hydrogen-bond donors (Lipinski definition) is 4. The third kappa shape index (κ3) is 24.1. The molecule has 4 bridgehead atoms. The van der Waals surface area contributed by atoms with Crippen molar-refractivity contribution in [2.24, 2.45) is 17.6 Å². The number of nitrogens with zero attached hydrogens (tertiary/aromatic N) is 6. The van der Waals surface area contributed by atoms with E-state index in [1.165, 1.54) is 9.80 Å². The van der Waals surface area contributed by atoms with E-state index >= 15 is 0 Å². The molecule has 0 spiro atoms. The molecule has 6 fully saturated rings. The van der Waals surface area contributed by atoms with E-state index in [4.69, 9.17) is 80.4 Å². The van der Waals surface area contributed by atoms with Crippen molar-refractivity contribution in [2.75, 3.05) is 114 Å². The number of aryl methyl sites for hydroxylation is 2. The van der Waals surface area contributed by atoms with Crippen LogP contribution >= 0.6 is 92.8 Å². The molecular weight excluding hydrogens is 1780 g/mol. The van der Waals surface area contributed by atoms with Crippen molar-refractivity contribution in [3.05, 3.63) is 209 Å². The summed E-state index contributed by atoms with van der Waals surface area (Å²) in [4.78, 5) is 96.5.